The minimum Gasteiger partial charge on any atom is -0.483 e. The van der Waals surface area contributed by atoms with Crippen LogP contribution in [-0.4, -0.2) is 24.3 Å². The number of aryl methyl sites for hydroxylation is 1. The number of anilines is 2. The van der Waals surface area contributed by atoms with Gasteiger partial charge in [0.25, 0.3) is 17.7 Å². The topological polar surface area (TPSA) is 87.7 Å². The van der Waals surface area contributed by atoms with Crippen molar-refractivity contribution in [1.29, 1.82) is 0 Å². The van der Waals surface area contributed by atoms with Crippen LogP contribution < -0.4 is 20.5 Å². The number of nitrogens with one attached hydrogen (secondary N) is 2. The summed E-state index contributed by atoms with van der Waals surface area (Å²) in [5.74, 6) is -0.731. The number of hydrazine groups is 1. The van der Waals surface area contributed by atoms with Gasteiger partial charge in [-0.3, -0.25) is 19.8 Å². The first kappa shape index (κ1) is 22.3. The van der Waals surface area contributed by atoms with Gasteiger partial charge in [0.2, 0.25) is 0 Å². The molecule has 8 heteroatoms. The van der Waals surface area contributed by atoms with Gasteiger partial charge in [0.15, 0.2) is 6.61 Å². The lowest BCUT2D eigenvalue weighted by Gasteiger charge is -2.13. The Bertz CT molecular complexity index is 1260. The maximum absolute atomic E-state index is 12.7. The highest BCUT2D eigenvalue weighted by atomic mass is 79.9. The zero-order valence-corrected chi connectivity index (χ0v) is 19.3. The van der Waals surface area contributed by atoms with Crippen LogP contribution in [0.2, 0.25) is 0 Å². The van der Waals surface area contributed by atoms with Gasteiger partial charge in [-0.15, -0.1) is 0 Å². The van der Waals surface area contributed by atoms with E-state index in [1.165, 1.54) is 11.1 Å². The number of benzene rings is 3. The fraction of sp³-hybridized carbons (Fsp3) is 0.0800. The molecule has 33 heavy (non-hydrogen) atoms. The fourth-order valence-corrected chi connectivity index (χ4v) is 3.76. The lowest BCUT2D eigenvalue weighted by molar-refractivity contribution is -0.118. The monoisotopic (exact) mass is 505 g/mol. The normalized spacial score (nSPS) is 14.4. The van der Waals surface area contributed by atoms with Crippen molar-refractivity contribution in [2.75, 3.05) is 16.9 Å². The summed E-state index contributed by atoms with van der Waals surface area (Å²) in [5.41, 5.74) is 5.49. The molecule has 1 fully saturated rings. The standard InChI is InChI=1S/C25H20BrN3O4/c1-16-7-5-6-10-21(16)27-23(30)15-33-22-12-11-17(14-20(22)26)13-19-24(31)28-29(25(19)32)18-8-3-2-4-9-18/h2-14H,15H2,1H3,(H,27,30)(H,28,31)/b19-13-. The predicted octanol–water partition coefficient (Wildman–Crippen LogP) is 4.24. The summed E-state index contributed by atoms with van der Waals surface area (Å²) in [4.78, 5) is 37.3. The van der Waals surface area contributed by atoms with Gasteiger partial charge in [-0.25, -0.2) is 5.01 Å². The van der Waals surface area contributed by atoms with Crippen LogP contribution in [0.15, 0.2) is 82.8 Å². The molecule has 3 amide bonds. The summed E-state index contributed by atoms with van der Waals surface area (Å²) in [7, 11) is 0. The molecule has 0 spiro atoms. The third-order valence-electron chi connectivity index (χ3n) is 4.95. The molecule has 0 radical (unpaired) electrons. The maximum atomic E-state index is 12.7. The number of hydrogen-bond donors (Lipinski definition) is 2. The molecule has 166 valence electrons. The van der Waals surface area contributed by atoms with E-state index in [-0.39, 0.29) is 18.1 Å². The second kappa shape index (κ2) is 9.70. The second-order valence-electron chi connectivity index (χ2n) is 7.32. The van der Waals surface area contributed by atoms with Gasteiger partial charge in [0, 0.05) is 5.69 Å². The van der Waals surface area contributed by atoms with Crippen LogP contribution in [0.3, 0.4) is 0 Å². The number of rotatable bonds is 6. The number of carbonyl (C=O) groups excluding carboxylic acids is 3. The first-order chi connectivity index (χ1) is 15.9. The van der Waals surface area contributed by atoms with Crippen molar-refractivity contribution < 1.29 is 19.1 Å². The average Bonchev–Trinajstić information content (AvgIpc) is 3.09. The first-order valence-electron chi connectivity index (χ1n) is 10.1. The molecule has 1 aliphatic rings. The van der Waals surface area contributed by atoms with Crippen molar-refractivity contribution in [3.05, 3.63) is 94.0 Å². The van der Waals surface area contributed by atoms with E-state index < -0.39 is 11.8 Å². The number of nitrogens with zero attached hydrogens (tertiary/aromatic N) is 1. The van der Waals surface area contributed by atoms with Crippen molar-refractivity contribution in [2.45, 2.75) is 6.92 Å². The Hall–Kier alpha value is -3.91. The highest BCUT2D eigenvalue weighted by molar-refractivity contribution is 9.10. The molecule has 1 heterocycles. The number of hydrogen-bond acceptors (Lipinski definition) is 4. The van der Waals surface area contributed by atoms with Crippen LogP contribution >= 0.6 is 15.9 Å². The summed E-state index contributed by atoms with van der Waals surface area (Å²) in [6.07, 6.45) is 1.51. The van der Waals surface area contributed by atoms with E-state index in [4.69, 9.17) is 4.74 Å². The van der Waals surface area contributed by atoms with Gasteiger partial charge < -0.3 is 10.1 Å². The third-order valence-corrected chi connectivity index (χ3v) is 5.57. The van der Waals surface area contributed by atoms with Crippen molar-refractivity contribution >= 4 is 51.1 Å². The highest BCUT2D eigenvalue weighted by Gasteiger charge is 2.34. The summed E-state index contributed by atoms with van der Waals surface area (Å²) in [6.45, 7) is 1.75. The predicted molar refractivity (Wildman–Crippen MR) is 129 cm³/mol. The SMILES string of the molecule is Cc1ccccc1NC(=O)COc1ccc(/C=C2/C(=O)NN(c3ccccc3)C2=O)cc1Br. The molecule has 0 saturated carbocycles. The van der Waals surface area contributed by atoms with Gasteiger partial charge in [0.05, 0.1) is 10.2 Å². The summed E-state index contributed by atoms with van der Waals surface area (Å²) < 4.78 is 6.21. The molecule has 4 rings (SSSR count). The molecule has 1 aliphatic heterocycles. The Balaban J connectivity index is 1.43. The van der Waals surface area contributed by atoms with E-state index in [1.807, 2.05) is 37.3 Å². The smallest absolute Gasteiger partial charge is 0.282 e. The summed E-state index contributed by atoms with van der Waals surface area (Å²) in [6, 6.07) is 21.4. The average molecular weight is 506 g/mol. The molecular weight excluding hydrogens is 486 g/mol. The zero-order valence-electron chi connectivity index (χ0n) is 17.7. The van der Waals surface area contributed by atoms with Gasteiger partial charge in [-0.2, -0.15) is 0 Å². The number of ether oxygens (including phenoxy) is 1. The van der Waals surface area contributed by atoms with Crippen molar-refractivity contribution in [2.24, 2.45) is 0 Å². The van der Waals surface area contributed by atoms with Crippen molar-refractivity contribution in [1.82, 2.24) is 5.43 Å². The largest absolute Gasteiger partial charge is 0.483 e. The van der Waals surface area contributed by atoms with E-state index in [1.54, 1.807) is 42.5 Å². The van der Waals surface area contributed by atoms with E-state index in [0.29, 0.717) is 21.5 Å². The lowest BCUT2D eigenvalue weighted by atomic mass is 10.1. The molecule has 0 unspecified atom stereocenters. The quantitative estimate of drug-likeness (QED) is 0.387. The van der Waals surface area contributed by atoms with Crippen LogP contribution in [0.1, 0.15) is 11.1 Å². The minimum absolute atomic E-state index is 0.0250. The molecular formula is C25H20BrN3O4. The minimum atomic E-state index is -0.479. The van der Waals surface area contributed by atoms with E-state index in [2.05, 4.69) is 26.7 Å². The third kappa shape index (κ3) is 5.12. The lowest BCUT2D eigenvalue weighted by Crippen LogP contribution is -2.35. The van der Waals surface area contributed by atoms with Gasteiger partial charge in [0.1, 0.15) is 11.3 Å². The zero-order chi connectivity index (χ0) is 23.4. The molecule has 0 aromatic heterocycles. The van der Waals surface area contributed by atoms with E-state index in [0.717, 1.165) is 11.3 Å². The van der Waals surface area contributed by atoms with Crippen LogP contribution in [0.25, 0.3) is 6.08 Å². The van der Waals surface area contributed by atoms with Crippen molar-refractivity contribution in [3.8, 4) is 5.75 Å². The Labute approximate surface area is 199 Å². The van der Waals surface area contributed by atoms with Gasteiger partial charge >= 0.3 is 0 Å². The summed E-state index contributed by atoms with van der Waals surface area (Å²) in [5, 5.41) is 4.03. The Morgan fingerprint density at radius 3 is 2.52 bits per heavy atom. The molecule has 0 bridgehead atoms. The first-order valence-corrected chi connectivity index (χ1v) is 10.9. The Morgan fingerprint density at radius 2 is 1.79 bits per heavy atom. The maximum Gasteiger partial charge on any atom is 0.282 e. The molecule has 0 aliphatic carbocycles. The fourth-order valence-electron chi connectivity index (χ4n) is 3.25. The Morgan fingerprint density at radius 1 is 1.06 bits per heavy atom. The highest BCUT2D eigenvalue weighted by Crippen LogP contribution is 2.28. The van der Waals surface area contributed by atoms with E-state index >= 15 is 0 Å². The van der Waals surface area contributed by atoms with Crippen LogP contribution in [0.5, 0.6) is 5.75 Å². The van der Waals surface area contributed by atoms with E-state index in [9.17, 15) is 14.4 Å². The molecule has 7 nitrogen and oxygen atoms in total. The Kier molecular flexibility index (Phi) is 6.55. The molecule has 0 atom stereocenters. The number of carbonyl (C=O) groups is 3. The van der Waals surface area contributed by atoms with Crippen LogP contribution in [-0.2, 0) is 14.4 Å². The number of para-hydroxylation sites is 2. The molecule has 3 aromatic carbocycles. The van der Waals surface area contributed by atoms with Crippen LogP contribution in [0.4, 0.5) is 11.4 Å². The van der Waals surface area contributed by atoms with Crippen molar-refractivity contribution in [3.63, 3.8) is 0 Å². The number of amides is 3. The van der Waals surface area contributed by atoms with Gasteiger partial charge in [-0.05, 0) is 70.4 Å². The molecule has 3 aromatic rings. The summed E-state index contributed by atoms with van der Waals surface area (Å²) >= 11 is 3.42. The van der Waals surface area contributed by atoms with Crippen LogP contribution in [0, 0.1) is 6.92 Å². The molecule has 1 saturated heterocycles. The molecule has 2 N–H and O–H groups in total. The number of halogens is 1. The second-order valence-corrected chi connectivity index (χ2v) is 8.17. The van der Waals surface area contributed by atoms with Gasteiger partial charge in [-0.1, -0.05) is 42.5 Å².